The van der Waals surface area contributed by atoms with E-state index < -0.39 is 0 Å². The van der Waals surface area contributed by atoms with Crippen LogP contribution in [0.5, 0.6) is 11.5 Å². The Kier molecular flexibility index (Phi) is 3.54. The third kappa shape index (κ3) is 2.81. The molecule has 1 aliphatic rings. The first kappa shape index (κ1) is 11.9. The van der Waals surface area contributed by atoms with E-state index in [0.29, 0.717) is 6.61 Å². The summed E-state index contributed by atoms with van der Waals surface area (Å²) < 4.78 is 11.4. The molecule has 0 aliphatic carbocycles. The van der Waals surface area contributed by atoms with Crippen molar-refractivity contribution in [3.05, 3.63) is 54.6 Å². The summed E-state index contributed by atoms with van der Waals surface area (Å²) in [5, 5.41) is 0. The first-order valence-corrected chi connectivity index (χ1v) is 6.58. The van der Waals surface area contributed by atoms with E-state index in [4.69, 9.17) is 9.47 Å². The minimum Gasteiger partial charge on any atom is -0.492 e. The second-order valence-electron chi connectivity index (χ2n) is 4.46. The van der Waals surface area contributed by atoms with Crippen LogP contribution in [-0.2, 0) is 0 Å². The first-order valence-electron chi connectivity index (χ1n) is 6.58. The monoisotopic (exact) mass is 255 g/mol. The topological polar surface area (TPSA) is 21.7 Å². The third-order valence-corrected chi connectivity index (χ3v) is 3.20. The lowest BCUT2D eigenvalue weighted by Gasteiger charge is -2.31. The van der Waals surface area contributed by atoms with Crippen molar-refractivity contribution in [1.29, 1.82) is 0 Å². The molecule has 0 saturated carbocycles. The van der Waals surface area contributed by atoms with E-state index in [0.717, 1.165) is 36.9 Å². The van der Waals surface area contributed by atoms with Crippen LogP contribution in [-0.4, -0.2) is 26.3 Å². The van der Waals surface area contributed by atoms with Crippen LogP contribution in [0.2, 0.25) is 0 Å². The Balaban J connectivity index is 1.59. The molecule has 0 N–H and O–H groups in total. The number of nitrogens with zero attached hydrogens (tertiary/aromatic N) is 1. The highest BCUT2D eigenvalue weighted by Crippen LogP contribution is 2.30. The van der Waals surface area contributed by atoms with Crippen molar-refractivity contribution in [2.75, 3.05) is 31.2 Å². The van der Waals surface area contributed by atoms with E-state index in [-0.39, 0.29) is 0 Å². The maximum Gasteiger partial charge on any atom is 0.142 e. The molecule has 0 atom stereocenters. The van der Waals surface area contributed by atoms with Gasteiger partial charge in [0.15, 0.2) is 0 Å². The fourth-order valence-corrected chi connectivity index (χ4v) is 2.25. The van der Waals surface area contributed by atoms with E-state index in [1.54, 1.807) is 0 Å². The number of benzene rings is 2. The highest BCUT2D eigenvalue weighted by atomic mass is 16.5. The van der Waals surface area contributed by atoms with Gasteiger partial charge in [0.05, 0.1) is 18.8 Å². The normalized spacial score (nSPS) is 13.6. The molecule has 2 aromatic rings. The molecule has 2 aromatic carbocycles. The van der Waals surface area contributed by atoms with Crippen LogP contribution in [0.25, 0.3) is 0 Å². The van der Waals surface area contributed by atoms with Crippen LogP contribution in [0, 0.1) is 0 Å². The van der Waals surface area contributed by atoms with Crippen molar-refractivity contribution < 1.29 is 9.47 Å². The minimum absolute atomic E-state index is 0.679. The summed E-state index contributed by atoms with van der Waals surface area (Å²) in [7, 11) is 0. The Bertz CT molecular complexity index is 527. The molecule has 98 valence electrons. The number of fused-ring (bicyclic) bond motifs is 1. The molecule has 3 heteroatoms. The Morgan fingerprint density at radius 3 is 2.68 bits per heavy atom. The van der Waals surface area contributed by atoms with Gasteiger partial charge in [0, 0.05) is 0 Å². The van der Waals surface area contributed by atoms with E-state index >= 15 is 0 Å². The summed E-state index contributed by atoms with van der Waals surface area (Å²) in [6.45, 7) is 3.20. The lowest BCUT2D eigenvalue weighted by molar-refractivity contribution is 0.288. The zero-order valence-electron chi connectivity index (χ0n) is 10.8. The Hall–Kier alpha value is -2.16. The minimum atomic E-state index is 0.679. The van der Waals surface area contributed by atoms with E-state index in [2.05, 4.69) is 11.0 Å². The number of rotatable bonds is 4. The molecule has 0 amide bonds. The molecule has 19 heavy (non-hydrogen) atoms. The van der Waals surface area contributed by atoms with Crippen molar-refractivity contribution in [1.82, 2.24) is 0 Å². The summed E-state index contributed by atoms with van der Waals surface area (Å²) in [6.07, 6.45) is 0. The molecule has 0 unspecified atom stereocenters. The highest BCUT2D eigenvalue weighted by molar-refractivity contribution is 5.59. The Morgan fingerprint density at radius 1 is 1.00 bits per heavy atom. The van der Waals surface area contributed by atoms with Crippen LogP contribution in [0.15, 0.2) is 54.6 Å². The first-order chi connectivity index (χ1) is 9.43. The van der Waals surface area contributed by atoms with Gasteiger partial charge in [0.1, 0.15) is 24.7 Å². The predicted octanol–water partition coefficient (Wildman–Crippen LogP) is 2.96. The second-order valence-corrected chi connectivity index (χ2v) is 4.46. The fourth-order valence-electron chi connectivity index (χ4n) is 2.25. The van der Waals surface area contributed by atoms with Crippen LogP contribution in [0.4, 0.5) is 5.69 Å². The van der Waals surface area contributed by atoms with Crippen molar-refractivity contribution in [3.8, 4) is 11.5 Å². The summed E-state index contributed by atoms with van der Waals surface area (Å²) >= 11 is 0. The fraction of sp³-hybridized carbons (Fsp3) is 0.250. The second kappa shape index (κ2) is 5.65. The number of para-hydroxylation sites is 3. The highest BCUT2D eigenvalue weighted by Gasteiger charge is 2.16. The zero-order valence-corrected chi connectivity index (χ0v) is 10.8. The van der Waals surface area contributed by atoms with Gasteiger partial charge in [-0.2, -0.15) is 0 Å². The summed E-state index contributed by atoms with van der Waals surface area (Å²) in [6, 6.07) is 18.1. The zero-order chi connectivity index (χ0) is 12.9. The Morgan fingerprint density at radius 2 is 1.79 bits per heavy atom. The van der Waals surface area contributed by atoms with Gasteiger partial charge in [-0.05, 0) is 24.3 Å². The SMILES string of the molecule is c1ccc(OCCN2CCOc3ccccc32)cc1. The molecule has 0 aromatic heterocycles. The molecule has 3 rings (SSSR count). The maximum atomic E-state index is 5.74. The molecular weight excluding hydrogens is 238 g/mol. The van der Waals surface area contributed by atoms with Gasteiger partial charge in [-0.3, -0.25) is 0 Å². The molecular formula is C16H17NO2. The average molecular weight is 255 g/mol. The van der Waals surface area contributed by atoms with Crippen LogP contribution in [0.1, 0.15) is 0 Å². The molecule has 3 nitrogen and oxygen atoms in total. The average Bonchev–Trinajstić information content (AvgIpc) is 2.49. The van der Waals surface area contributed by atoms with E-state index in [1.165, 1.54) is 0 Å². The standard InChI is InChI=1S/C16H17NO2/c1-2-6-14(7-3-1)18-12-10-17-11-13-19-16-9-5-4-8-15(16)17/h1-9H,10-13H2. The molecule has 0 bridgehead atoms. The molecule has 0 radical (unpaired) electrons. The number of hydrogen-bond donors (Lipinski definition) is 0. The molecule has 0 saturated heterocycles. The van der Waals surface area contributed by atoms with Crippen LogP contribution >= 0.6 is 0 Å². The predicted molar refractivity (Wildman–Crippen MR) is 76.1 cm³/mol. The van der Waals surface area contributed by atoms with Crippen molar-refractivity contribution in [3.63, 3.8) is 0 Å². The largest absolute Gasteiger partial charge is 0.492 e. The van der Waals surface area contributed by atoms with Gasteiger partial charge in [-0.1, -0.05) is 30.3 Å². The quantitative estimate of drug-likeness (QED) is 0.838. The number of ether oxygens (including phenoxy) is 2. The summed E-state index contributed by atoms with van der Waals surface area (Å²) in [5.41, 5.74) is 1.16. The number of anilines is 1. The van der Waals surface area contributed by atoms with Crippen molar-refractivity contribution in [2.24, 2.45) is 0 Å². The number of hydrogen-bond acceptors (Lipinski definition) is 3. The van der Waals surface area contributed by atoms with E-state index in [9.17, 15) is 0 Å². The molecule has 1 aliphatic heterocycles. The van der Waals surface area contributed by atoms with E-state index in [1.807, 2.05) is 48.5 Å². The van der Waals surface area contributed by atoms with Crippen molar-refractivity contribution in [2.45, 2.75) is 0 Å². The molecule has 1 heterocycles. The smallest absolute Gasteiger partial charge is 0.142 e. The van der Waals surface area contributed by atoms with Crippen LogP contribution in [0.3, 0.4) is 0 Å². The summed E-state index contributed by atoms with van der Waals surface area (Å²) in [4.78, 5) is 2.31. The molecule has 0 spiro atoms. The van der Waals surface area contributed by atoms with Gasteiger partial charge in [-0.25, -0.2) is 0 Å². The Labute approximate surface area is 113 Å². The molecule has 0 fully saturated rings. The lowest BCUT2D eigenvalue weighted by atomic mass is 10.2. The third-order valence-electron chi connectivity index (χ3n) is 3.20. The van der Waals surface area contributed by atoms with Gasteiger partial charge >= 0.3 is 0 Å². The van der Waals surface area contributed by atoms with Crippen molar-refractivity contribution >= 4 is 5.69 Å². The van der Waals surface area contributed by atoms with Gasteiger partial charge in [-0.15, -0.1) is 0 Å². The van der Waals surface area contributed by atoms with Gasteiger partial charge in [0.2, 0.25) is 0 Å². The van der Waals surface area contributed by atoms with Crippen LogP contribution < -0.4 is 14.4 Å². The summed E-state index contributed by atoms with van der Waals surface area (Å²) in [5.74, 6) is 1.89. The van der Waals surface area contributed by atoms with Gasteiger partial charge in [0.25, 0.3) is 0 Å². The lowest BCUT2D eigenvalue weighted by Crippen LogP contribution is -2.35. The van der Waals surface area contributed by atoms with Gasteiger partial charge < -0.3 is 14.4 Å². The maximum absolute atomic E-state index is 5.74.